The molecule has 4 rings (SSSR count). The molecule has 1 unspecified atom stereocenters. The second-order valence-electron chi connectivity index (χ2n) is 7.40. The summed E-state index contributed by atoms with van der Waals surface area (Å²) in [6.07, 6.45) is 5.35. The number of nitrogens with one attached hydrogen (secondary N) is 1. The molecule has 1 aliphatic carbocycles. The number of aromatic nitrogens is 2. The first-order valence-corrected chi connectivity index (χ1v) is 9.60. The van der Waals surface area contributed by atoms with Gasteiger partial charge in [-0.05, 0) is 50.3 Å². The summed E-state index contributed by atoms with van der Waals surface area (Å²) in [6.45, 7) is 2.66. The predicted octanol–water partition coefficient (Wildman–Crippen LogP) is 3.15. The Bertz CT molecular complexity index is 948. The van der Waals surface area contributed by atoms with Gasteiger partial charge >= 0.3 is 0 Å². The number of anilines is 2. The zero-order chi connectivity index (χ0) is 19.7. The standard InChI is InChI=1S/C21H23N5O2/c1-13-5-8-18(28-2)16(10-13)24-21(27)17-4-3-9-26(17)20-15(11-22)12-23-19(25-20)14-6-7-14/h5,8,10,12,14,17H,3-4,6-7,9H2,1-2H3,(H,24,27). The van der Waals surface area contributed by atoms with Gasteiger partial charge in [0.15, 0.2) is 5.82 Å². The monoisotopic (exact) mass is 377 g/mol. The second-order valence-corrected chi connectivity index (χ2v) is 7.40. The van der Waals surface area contributed by atoms with Crippen LogP contribution in [0.2, 0.25) is 0 Å². The zero-order valence-electron chi connectivity index (χ0n) is 16.1. The Kier molecular flexibility index (Phi) is 4.86. The SMILES string of the molecule is COc1ccc(C)cc1NC(=O)C1CCCN1c1nc(C2CC2)ncc1C#N. The molecule has 144 valence electrons. The molecule has 0 spiro atoms. The smallest absolute Gasteiger partial charge is 0.247 e. The molecule has 1 saturated heterocycles. The van der Waals surface area contributed by atoms with Crippen LogP contribution in [-0.4, -0.2) is 35.6 Å². The lowest BCUT2D eigenvalue weighted by Crippen LogP contribution is -2.40. The van der Waals surface area contributed by atoms with Gasteiger partial charge in [0, 0.05) is 12.5 Å². The molecule has 1 aromatic heterocycles. The molecule has 1 saturated carbocycles. The first-order chi connectivity index (χ1) is 13.6. The Morgan fingerprint density at radius 3 is 2.89 bits per heavy atom. The number of ether oxygens (including phenoxy) is 1. The normalized spacial score (nSPS) is 18.6. The number of methoxy groups -OCH3 is 1. The quantitative estimate of drug-likeness (QED) is 0.861. The van der Waals surface area contributed by atoms with Crippen LogP contribution in [-0.2, 0) is 4.79 Å². The number of rotatable bonds is 5. The minimum absolute atomic E-state index is 0.114. The van der Waals surface area contributed by atoms with Crippen molar-refractivity contribution in [3.05, 3.63) is 41.3 Å². The molecule has 7 nitrogen and oxygen atoms in total. The first kappa shape index (κ1) is 18.2. The van der Waals surface area contributed by atoms with E-state index in [2.05, 4.69) is 21.4 Å². The summed E-state index contributed by atoms with van der Waals surface area (Å²) < 4.78 is 5.37. The molecule has 2 aromatic rings. The van der Waals surface area contributed by atoms with E-state index in [0.717, 1.165) is 30.7 Å². The van der Waals surface area contributed by atoms with Crippen LogP contribution < -0.4 is 15.0 Å². The summed E-state index contributed by atoms with van der Waals surface area (Å²) in [6, 6.07) is 7.48. The molecular formula is C21H23N5O2. The lowest BCUT2D eigenvalue weighted by Gasteiger charge is -2.26. The first-order valence-electron chi connectivity index (χ1n) is 9.60. The molecule has 2 fully saturated rings. The van der Waals surface area contributed by atoms with E-state index in [1.807, 2.05) is 30.0 Å². The number of nitriles is 1. The third-order valence-corrected chi connectivity index (χ3v) is 5.29. The van der Waals surface area contributed by atoms with Crippen LogP contribution in [0.5, 0.6) is 5.75 Å². The number of aryl methyl sites for hydroxylation is 1. The van der Waals surface area contributed by atoms with Crippen LogP contribution in [0.4, 0.5) is 11.5 Å². The molecule has 0 bridgehead atoms. The van der Waals surface area contributed by atoms with E-state index in [1.165, 1.54) is 0 Å². The van der Waals surface area contributed by atoms with Crippen molar-refractivity contribution in [1.29, 1.82) is 5.26 Å². The summed E-state index contributed by atoms with van der Waals surface area (Å²) in [5, 5.41) is 12.5. The van der Waals surface area contributed by atoms with Gasteiger partial charge in [-0.1, -0.05) is 6.07 Å². The van der Waals surface area contributed by atoms with Crippen LogP contribution in [0.25, 0.3) is 0 Å². The van der Waals surface area contributed by atoms with Crippen LogP contribution >= 0.6 is 0 Å². The number of carbonyl (C=O) groups is 1. The summed E-state index contributed by atoms with van der Waals surface area (Å²) in [4.78, 5) is 24.0. The maximum atomic E-state index is 13.1. The average molecular weight is 377 g/mol. The molecule has 1 aromatic carbocycles. The minimum atomic E-state index is -0.376. The molecule has 1 amide bonds. The number of nitrogens with zero attached hydrogens (tertiary/aromatic N) is 4. The molecule has 28 heavy (non-hydrogen) atoms. The number of amides is 1. The molecule has 1 aliphatic heterocycles. The van der Waals surface area contributed by atoms with Gasteiger partial charge in [0.2, 0.25) is 5.91 Å². The number of hydrogen-bond donors (Lipinski definition) is 1. The van der Waals surface area contributed by atoms with E-state index in [-0.39, 0.29) is 11.9 Å². The van der Waals surface area contributed by atoms with Gasteiger partial charge in [0.25, 0.3) is 0 Å². The molecule has 2 aliphatic rings. The molecule has 0 radical (unpaired) electrons. The van der Waals surface area contributed by atoms with Crippen LogP contribution in [0.3, 0.4) is 0 Å². The van der Waals surface area contributed by atoms with Crippen molar-refractivity contribution in [2.75, 3.05) is 23.9 Å². The van der Waals surface area contributed by atoms with Crippen molar-refractivity contribution in [3.63, 3.8) is 0 Å². The zero-order valence-corrected chi connectivity index (χ0v) is 16.1. The molecule has 7 heteroatoms. The molecule has 1 N–H and O–H groups in total. The maximum absolute atomic E-state index is 13.1. The summed E-state index contributed by atoms with van der Waals surface area (Å²) in [5.41, 5.74) is 2.11. The van der Waals surface area contributed by atoms with Gasteiger partial charge in [-0.2, -0.15) is 5.26 Å². The Hall–Kier alpha value is -3.14. The predicted molar refractivity (Wildman–Crippen MR) is 105 cm³/mol. The van der Waals surface area contributed by atoms with Crippen LogP contribution in [0.15, 0.2) is 24.4 Å². The van der Waals surface area contributed by atoms with E-state index >= 15 is 0 Å². The van der Waals surface area contributed by atoms with Crippen molar-refractivity contribution >= 4 is 17.4 Å². The van der Waals surface area contributed by atoms with E-state index in [9.17, 15) is 10.1 Å². The third kappa shape index (κ3) is 3.50. The fourth-order valence-electron chi connectivity index (χ4n) is 3.65. The van der Waals surface area contributed by atoms with Gasteiger partial charge in [-0.3, -0.25) is 4.79 Å². The number of hydrogen-bond acceptors (Lipinski definition) is 6. The highest BCUT2D eigenvalue weighted by Crippen LogP contribution is 2.39. The van der Waals surface area contributed by atoms with Gasteiger partial charge in [0.1, 0.15) is 29.2 Å². The maximum Gasteiger partial charge on any atom is 0.247 e. The van der Waals surface area contributed by atoms with Crippen molar-refractivity contribution < 1.29 is 9.53 Å². The van der Waals surface area contributed by atoms with Crippen LogP contribution in [0, 0.1) is 18.3 Å². The Morgan fingerprint density at radius 2 is 2.18 bits per heavy atom. The lowest BCUT2D eigenvalue weighted by molar-refractivity contribution is -0.117. The van der Waals surface area contributed by atoms with E-state index in [0.29, 0.717) is 41.7 Å². The van der Waals surface area contributed by atoms with Crippen molar-refractivity contribution in [3.8, 4) is 11.8 Å². The highest BCUT2D eigenvalue weighted by molar-refractivity contribution is 5.98. The van der Waals surface area contributed by atoms with Gasteiger partial charge in [0.05, 0.1) is 19.0 Å². The number of benzene rings is 1. The van der Waals surface area contributed by atoms with Crippen molar-refractivity contribution in [2.45, 2.75) is 44.6 Å². The molecule has 2 heterocycles. The summed E-state index contributed by atoms with van der Waals surface area (Å²) in [7, 11) is 1.59. The number of carbonyl (C=O) groups excluding carboxylic acids is 1. The van der Waals surface area contributed by atoms with Crippen molar-refractivity contribution in [2.24, 2.45) is 0 Å². The topological polar surface area (TPSA) is 91.1 Å². The lowest BCUT2D eigenvalue weighted by atomic mass is 10.1. The van der Waals surface area contributed by atoms with Crippen LogP contribution in [0.1, 0.15) is 48.6 Å². The summed E-state index contributed by atoms with van der Waals surface area (Å²) in [5.74, 6) is 2.25. The Morgan fingerprint density at radius 1 is 1.36 bits per heavy atom. The van der Waals surface area contributed by atoms with E-state index < -0.39 is 0 Å². The minimum Gasteiger partial charge on any atom is -0.495 e. The average Bonchev–Trinajstić information content (AvgIpc) is 3.44. The molecule has 1 atom stereocenters. The van der Waals surface area contributed by atoms with Gasteiger partial charge in [-0.25, -0.2) is 9.97 Å². The van der Waals surface area contributed by atoms with Gasteiger partial charge < -0.3 is 15.0 Å². The third-order valence-electron chi connectivity index (χ3n) is 5.29. The molecular weight excluding hydrogens is 354 g/mol. The highest BCUT2D eigenvalue weighted by Gasteiger charge is 2.35. The van der Waals surface area contributed by atoms with Gasteiger partial charge in [-0.15, -0.1) is 0 Å². The fourth-order valence-corrected chi connectivity index (χ4v) is 3.65. The Labute approximate surface area is 164 Å². The highest BCUT2D eigenvalue weighted by atomic mass is 16.5. The summed E-state index contributed by atoms with van der Waals surface area (Å²) >= 11 is 0. The van der Waals surface area contributed by atoms with E-state index in [1.54, 1.807) is 13.3 Å². The fraction of sp³-hybridized carbons (Fsp3) is 0.429. The largest absolute Gasteiger partial charge is 0.495 e. The van der Waals surface area contributed by atoms with E-state index in [4.69, 9.17) is 4.74 Å². The second kappa shape index (κ2) is 7.47. The van der Waals surface area contributed by atoms with Crippen molar-refractivity contribution in [1.82, 2.24) is 9.97 Å². The Balaban J connectivity index is 1.60.